The molecule has 34 heavy (non-hydrogen) atoms. The van der Waals surface area contributed by atoms with Crippen LogP contribution < -0.4 is 4.74 Å². The predicted octanol–water partition coefficient (Wildman–Crippen LogP) is 6.89. The fourth-order valence-electron chi connectivity index (χ4n) is 4.94. The lowest BCUT2D eigenvalue weighted by Gasteiger charge is -2.30. The van der Waals surface area contributed by atoms with Crippen molar-refractivity contribution < 1.29 is 4.74 Å². The molecule has 4 aromatic rings. The second-order valence-electron chi connectivity index (χ2n) is 9.54. The van der Waals surface area contributed by atoms with Gasteiger partial charge in [0.05, 0.1) is 6.54 Å². The number of nitrogens with zero attached hydrogens (tertiary/aromatic N) is 2. The number of benzene rings is 3. The van der Waals surface area contributed by atoms with E-state index in [9.17, 15) is 0 Å². The van der Waals surface area contributed by atoms with Gasteiger partial charge in [-0.25, -0.2) is 0 Å². The Balaban J connectivity index is 1.36. The van der Waals surface area contributed by atoms with Gasteiger partial charge in [0.2, 0.25) is 0 Å². The zero-order valence-corrected chi connectivity index (χ0v) is 21.1. The van der Waals surface area contributed by atoms with E-state index in [0.717, 1.165) is 42.4 Å². The van der Waals surface area contributed by atoms with Crippen molar-refractivity contribution in [1.29, 1.82) is 0 Å². The van der Waals surface area contributed by atoms with E-state index in [2.05, 4.69) is 103 Å². The molecule has 2 heterocycles. The molecular weight excluding hydrogens is 436 g/mol. The molecule has 174 valence electrons. The summed E-state index contributed by atoms with van der Waals surface area (Å²) >= 11 is 6.04. The molecule has 1 aromatic heterocycles. The van der Waals surface area contributed by atoms with E-state index in [-0.39, 0.29) is 0 Å². The van der Waals surface area contributed by atoms with Crippen LogP contribution in [0.5, 0.6) is 5.75 Å². The Labute approximate surface area is 208 Å². The first-order valence-corrected chi connectivity index (χ1v) is 12.6. The number of thiocarbonyl (C=S) groups is 1. The van der Waals surface area contributed by atoms with E-state index in [1.165, 1.54) is 33.2 Å². The molecule has 3 aromatic carbocycles. The summed E-state index contributed by atoms with van der Waals surface area (Å²) in [6.07, 6.45) is 3.26. The summed E-state index contributed by atoms with van der Waals surface area (Å²) in [5.41, 5.74) is 7.65. The van der Waals surface area contributed by atoms with Crippen LogP contribution in [0, 0.1) is 6.92 Å². The monoisotopic (exact) mass is 468 g/mol. The van der Waals surface area contributed by atoms with Crippen molar-refractivity contribution in [2.75, 3.05) is 13.2 Å². The Morgan fingerprint density at radius 3 is 2.59 bits per heavy atom. The largest absolute Gasteiger partial charge is 0.491 e. The zero-order chi connectivity index (χ0) is 23.7. The molecule has 0 bridgehead atoms. The topological polar surface area (TPSA) is 17.4 Å². The molecule has 1 aliphatic heterocycles. The Hall–Kier alpha value is -3.11. The molecule has 0 atom stereocenters. The maximum atomic E-state index is 6.29. The summed E-state index contributed by atoms with van der Waals surface area (Å²) in [5.74, 6) is 1.43. The summed E-state index contributed by atoms with van der Waals surface area (Å²) in [5, 5.41) is 1.21. The summed E-state index contributed by atoms with van der Waals surface area (Å²) in [6.45, 7) is 9.77. The number of aryl methyl sites for hydroxylation is 1. The molecule has 0 spiro atoms. The van der Waals surface area contributed by atoms with Gasteiger partial charge >= 0.3 is 0 Å². The predicted molar refractivity (Wildman–Crippen MR) is 145 cm³/mol. The highest BCUT2D eigenvalue weighted by Gasteiger charge is 2.22. The lowest BCUT2D eigenvalue weighted by atomic mass is 9.99. The van der Waals surface area contributed by atoms with Crippen LogP contribution in [0.1, 0.15) is 47.6 Å². The van der Waals surface area contributed by atoms with Crippen LogP contribution in [0.3, 0.4) is 0 Å². The minimum Gasteiger partial charge on any atom is -0.491 e. The summed E-state index contributed by atoms with van der Waals surface area (Å²) < 4.78 is 8.58. The first-order valence-electron chi connectivity index (χ1n) is 12.2. The molecule has 0 N–H and O–H groups in total. The van der Waals surface area contributed by atoms with Crippen molar-refractivity contribution in [2.45, 2.75) is 46.2 Å². The van der Waals surface area contributed by atoms with Gasteiger partial charge in [-0.2, -0.15) is 0 Å². The molecule has 0 saturated heterocycles. The molecule has 3 nitrogen and oxygen atoms in total. The fourth-order valence-corrected chi connectivity index (χ4v) is 5.26. The first-order chi connectivity index (χ1) is 16.5. The Morgan fingerprint density at radius 1 is 1.00 bits per heavy atom. The average Bonchev–Trinajstić information content (AvgIpc) is 3.22. The number of aromatic nitrogens is 1. The Morgan fingerprint density at radius 2 is 1.76 bits per heavy atom. The lowest BCUT2D eigenvalue weighted by molar-refractivity contribution is 0.296. The van der Waals surface area contributed by atoms with Crippen LogP contribution in [-0.4, -0.2) is 27.6 Å². The van der Waals surface area contributed by atoms with Crippen molar-refractivity contribution in [3.63, 3.8) is 0 Å². The normalized spacial score (nSPS) is 13.4. The van der Waals surface area contributed by atoms with E-state index in [4.69, 9.17) is 17.0 Å². The van der Waals surface area contributed by atoms with Crippen molar-refractivity contribution in [1.82, 2.24) is 9.47 Å². The van der Waals surface area contributed by atoms with Crippen LogP contribution in [0.2, 0.25) is 0 Å². The van der Waals surface area contributed by atoms with Gasteiger partial charge < -0.3 is 14.2 Å². The molecule has 0 saturated carbocycles. The van der Waals surface area contributed by atoms with Gasteiger partial charge in [-0.15, -0.1) is 0 Å². The number of hydrogen-bond donors (Lipinski definition) is 0. The van der Waals surface area contributed by atoms with Gasteiger partial charge in [0.1, 0.15) is 17.3 Å². The van der Waals surface area contributed by atoms with Gasteiger partial charge in [0, 0.05) is 35.8 Å². The highest BCUT2D eigenvalue weighted by Crippen LogP contribution is 2.29. The Kier molecular flexibility index (Phi) is 6.42. The molecule has 0 radical (unpaired) electrons. The third-order valence-electron chi connectivity index (χ3n) is 6.82. The average molecular weight is 469 g/mol. The smallest absolute Gasteiger partial charge is 0.123 e. The lowest BCUT2D eigenvalue weighted by Crippen LogP contribution is -2.35. The van der Waals surface area contributed by atoms with Crippen LogP contribution >= 0.6 is 12.2 Å². The highest BCUT2D eigenvalue weighted by molar-refractivity contribution is 7.80. The number of fused-ring (bicyclic) bond motifs is 2. The van der Waals surface area contributed by atoms with Crippen LogP contribution in [-0.2, 0) is 19.5 Å². The molecule has 0 aliphatic carbocycles. The number of rotatable bonds is 6. The van der Waals surface area contributed by atoms with Crippen molar-refractivity contribution >= 4 is 28.1 Å². The third kappa shape index (κ3) is 4.47. The number of ether oxygens (including phenoxy) is 1. The zero-order valence-electron chi connectivity index (χ0n) is 20.3. The SMILES string of the molecule is Cc1ccc(C(C)C)c(OCCn2cc(C(=S)N3CCc4ccccc4C3)c3ccccc32)c1. The maximum absolute atomic E-state index is 6.29. The third-order valence-corrected chi connectivity index (χ3v) is 7.30. The quantitative estimate of drug-likeness (QED) is 0.287. The standard InChI is InChI=1S/C30H32N2OS/c1-21(2)25-13-12-22(3)18-29(25)33-17-16-31-20-27(26-10-6-7-11-28(26)31)30(34)32-15-14-23-8-4-5-9-24(23)19-32/h4-13,18,20-21H,14-17,19H2,1-3H3. The minimum atomic E-state index is 0.432. The summed E-state index contributed by atoms with van der Waals surface area (Å²) in [7, 11) is 0. The molecule has 0 amide bonds. The van der Waals surface area contributed by atoms with E-state index in [1.807, 2.05) is 0 Å². The van der Waals surface area contributed by atoms with E-state index in [0.29, 0.717) is 12.5 Å². The van der Waals surface area contributed by atoms with Crippen LogP contribution in [0.4, 0.5) is 0 Å². The number of para-hydroxylation sites is 1. The molecule has 4 heteroatoms. The second-order valence-corrected chi connectivity index (χ2v) is 9.93. The van der Waals surface area contributed by atoms with E-state index >= 15 is 0 Å². The first kappa shape index (κ1) is 22.7. The van der Waals surface area contributed by atoms with Gasteiger partial charge in [-0.3, -0.25) is 0 Å². The molecular formula is C30H32N2OS. The summed E-state index contributed by atoms with van der Waals surface area (Å²) in [6, 6.07) is 23.8. The molecule has 0 unspecified atom stereocenters. The highest BCUT2D eigenvalue weighted by atomic mass is 32.1. The van der Waals surface area contributed by atoms with Crippen LogP contribution in [0.15, 0.2) is 72.9 Å². The number of hydrogen-bond acceptors (Lipinski definition) is 2. The maximum Gasteiger partial charge on any atom is 0.123 e. The summed E-state index contributed by atoms with van der Waals surface area (Å²) in [4.78, 5) is 3.29. The van der Waals surface area contributed by atoms with E-state index < -0.39 is 0 Å². The molecule has 5 rings (SSSR count). The van der Waals surface area contributed by atoms with Gasteiger partial charge in [-0.1, -0.05) is 80.7 Å². The van der Waals surface area contributed by atoms with E-state index in [1.54, 1.807) is 0 Å². The molecule has 0 fully saturated rings. The Bertz CT molecular complexity index is 1340. The van der Waals surface area contributed by atoms with Gasteiger partial charge in [0.15, 0.2) is 0 Å². The van der Waals surface area contributed by atoms with Crippen molar-refractivity contribution in [3.05, 3.63) is 101 Å². The fraction of sp³-hybridized carbons (Fsp3) is 0.300. The minimum absolute atomic E-state index is 0.432. The van der Waals surface area contributed by atoms with Crippen molar-refractivity contribution in [2.24, 2.45) is 0 Å². The second kappa shape index (κ2) is 9.63. The van der Waals surface area contributed by atoms with Gasteiger partial charge in [-0.05, 0) is 53.6 Å². The van der Waals surface area contributed by atoms with Crippen LogP contribution in [0.25, 0.3) is 10.9 Å². The van der Waals surface area contributed by atoms with Gasteiger partial charge in [0.25, 0.3) is 0 Å². The van der Waals surface area contributed by atoms with Crippen molar-refractivity contribution in [3.8, 4) is 5.75 Å². The molecule has 1 aliphatic rings.